The number of aromatic nitrogens is 3. The average molecular weight is 644 g/mol. The fraction of sp³-hybridized carbons (Fsp3) is 0. The first-order valence-electron chi connectivity index (χ1n) is 16.4. The van der Waals surface area contributed by atoms with Crippen LogP contribution in [-0.4, -0.2) is 15.0 Å². The zero-order chi connectivity index (χ0) is 32.6. The van der Waals surface area contributed by atoms with Crippen LogP contribution in [0.1, 0.15) is 0 Å². The largest absolute Gasteiger partial charge is 0.208 e. The van der Waals surface area contributed by atoms with E-state index in [0.29, 0.717) is 17.5 Å². The fourth-order valence-corrected chi connectivity index (χ4v) is 7.76. The number of benzene rings is 7. The average Bonchev–Trinajstić information content (AvgIpc) is 3.58. The summed E-state index contributed by atoms with van der Waals surface area (Å²) in [5.74, 6) is 2.00. The van der Waals surface area contributed by atoms with E-state index in [0.717, 1.165) is 16.7 Å². The summed E-state index contributed by atoms with van der Waals surface area (Å²) < 4.78 is 2.41. The molecular formula is C45H29N3S. The van der Waals surface area contributed by atoms with Crippen molar-refractivity contribution in [1.29, 1.82) is 0 Å². The molecule has 0 aliphatic carbocycles. The van der Waals surface area contributed by atoms with Crippen LogP contribution in [-0.2, 0) is 0 Å². The van der Waals surface area contributed by atoms with Gasteiger partial charge < -0.3 is 0 Å². The van der Waals surface area contributed by atoms with Crippen molar-refractivity contribution in [3.05, 3.63) is 176 Å². The van der Waals surface area contributed by atoms with Crippen molar-refractivity contribution in [2.45, 2.75) is 0 Å². The maximum Gasteiger partial charge on any atom is 0.165 e. The summed E-state index contributed by atoms with van der Waals surface area (Å²) in [7, 11) is 0. The van der Waals surface area contributed by atoms with Gasteiger partial charge in [-0.1, -0.05) is 164 Å². The molecule has 49 heavy (non-hydrogen) atoms. The third kappa shape index (κ3) is 5.48. The maximum absolute atomic E-state index is 5.05. The molecule has 3 nitrogen and oxygen atoms in total. The number of thiophene rings is 1. The lowest BCUT2D eigenvalue weighted by Gasteiger charge is -2.09. The Kier molecular flexibility index (Phi) is 7.34. The second-order valence-electron chi connectivity index (χ2n) is 12.0. The van der Waals surface area contributed by atoms with E-state index < -0.39 is 0 Å². The van der Waals surface area contributed by atoms with E-state index in [-0.39, 0.29) is 0 Å². The smallest absolute Gasteiger partial charge is 0.165 e. The molecule has 0 N–H and O–H groups in total. The predicted octanol–water partition coefficient (Wildman–Crippen LogP) is 12.2. The molecule has 0 saturated carbocycles. The first kappa shape index (κ1) is 29.0. The van der Waals surface area contributed by atoms with Crippen molar-refractivity contribution < 1.29 is 0 Å². The second-order valence-corrected chi connectivity index (χ2v) is 13.1. The highest BCUT2D eigenvalue weighted by molar-refractivity contribution is 7.26. The van der Waals surface area contributed by atoms with E-state index in [1.807, 2.05) is 60.7 Å². The molecule has 0 atom stereocenters. The van der Waals surface area contributed by atoms with Gasteiger partial charge in [0.1, 0.15) is 0 Å². The van der Waals surface area contributed by atoms with Crippen LogP contribution in [0.25, 0.3) is 87.7 Å². The van der Waals surface area contributed by atoms with Crippen LogP contribution in [0.3, 0.4) is 0 Å². The quantitative estimate of drug-likeness (QED) is 0.181. The molecule has 0 aliphatic heterocycles. The van der Waals surface area contributed by atoms with Crippen LogP contribution in [0.5, 0.6) is 0 Å². The van der Waals surface area contributed by atoms with Gasteiger partial charge in [0.15, 0.2) is 17.5 Å². The highest BCUT2D eigenvalue weighted by atomic mass is 32.1. The maximum atomic E-state index is 5.05. The van der Waals surface area contributed by atoms with Gasteiger partial charge in [-0.2, -0.15) is 0 Å². The summed E-state index contributed by atoms with van der Waals surface area (Å²) in [6.45, 7) is 0. The second kappa shape index (κ2) is 12.4. The fourth-order valence-electron chi connectivity index (χ4n) is 6.52. The summed E-state index contributed by atoms with van der Waals surface area (Å²) in [5, 5.41) is 2.46. The highest BCUT2D eigenvalue weighted by Crippen LogP contribution is 2.44. The van der Waals surface area contributed by atoms with E-state index in [9.17, 15) is 0 Å². The molecule has 0 aliphatic rings. The predicted molar refractivity (Wildman–Crippen MR) is 205 cm³/mol. The zero-order valence-electron chi connectivity index (χ0n) is 26.5. The Balaban J connectivity index is 1.13. The van der Waals surface area contributed by atoms with Gasteiger partial charge in [0, 0.05) is 36.9 Å². The zero-order valence-corrected chi connectivity index (χ0v) is 27.3. The molecule has 2 aromatic heterocycles. The molecule has 0 fully saturated rings. The third-order valence-electron chi connectivity index (χ3n) is 8.98. The van der Waals surface area contributed by atoms with Gasteiger partial charge in [-0.3, -0.25) is 0 Å². The molecule has 0 saturated heterocycles. The van der Waals surface area contributed by atoms with Crippen molar-refractivity contribution in [3.8, 4) is 67.5 Å². The van der Waals surface area contributed by atoms with Crippen LogP contribution >= 0.6 is 11.3 Å². The Morgan fingerprint density at radius 2 is 0.735 bits per heavy atom. The van der Waals surface area contributed by atoms with E-state index in [2.05, 4.69) is 115 Å². The standard InChI is InChI=1S/C45H29N3S/c1-4-12-30(13-5-1)31-22-24-32(25-23-31)33-26-28-34(29-27-33)37-18-11-21-40-41(37)38-19-10-20-39(42(38)49-40)45-47-43(35-14-6-2-7-15-35)46-44(48-45)36-16-8-3-9-17-36/h1-29H. The first-order valence-corrected chi connectivity index (χ1v) is 17.2. The van der Waals surface area contributed by atoms with Crippen LogP contribution in [0.15, 0.2) is 176 Å². The molecule has 0 unspecified atom stereocenters. The molecule has 4 heteroatoms. The summed E-state index contributed by atoms with van der Waals surface area (Å²) >= 11 is 1.79. The molecule has 0 amide bonds. The first-order chi connectivity index (χ1) is 24.3. The van der Waals surface area contributed by atoms with Crippen LogP contribution < -0.4 is 0 Å². The molecular weight excluding hydrogens is 615 g/mol. The topological polar surface area (TPSA) is 38.7 Å². The Hall–Kier alpha value is -6.23. The molecule has 230 valence electrons. The summed E-state index contributed by atoms with van der Waals surface area (Å²) in [6, 6.07) is 61.6. The lowest BCUT2D eigenvalue weighted by molar-refractivity contribution is 1.08. The van der Waals surface area contributed by atoms with Crippen molar-refractivity contribution in [3.63, 3.8) is 0 Å². The van der Waals surface area contributed by atoms with E-state index in [4.69, 9.17) is 15.0 Å². The SMILES string of the molecule is c1ccc(-c2ccc(-c3ccc(-c4cccc5sc6c(-c7nc(-c8ccccc8)nc(-c8ccccc8)n7)cccc6c45)cc3)cc2)cc1. The van der Waals surface area contributed by atoms with Crippen molar-refractivity contribution >= 4 is 31.5 Å². The third-order valence-corrected chi connectivity index (χ3v) is 10.2. The number of hydrogen-bond donors (Lipinski definition) is 0. The van der Waals surface area contributed by atoms with E-state index in [1.165, 1.54) is 53.6 Å². The van der Waals surface area contributed by atoms with E-state index in [1.54, 1.807) is 11.3 Å². The minimum absolute atomic E-state index is 0.665. The molecule has 9 rings (SSSR count). The van der Waals surface area contributed by atoms with Gasteiger partial charge in [-0.25, -0.2) is 15.0 Å². The van der Waals surface area contributed by atoms with Crippen LogP contribution in [0, 0.1) is 0 Å². The van der Waals surface area contributed by atoms with Crippen molar-refractivity contribution in [2.75, 3.05) is 0 Å². The van der Waals surface area contributed by atoms with Gasteiger partial charge in [0.25, 0.3) is 0 Å². The number of hydrogen-bond acceptors (Lipinski definition) is 4. The highest BCUT2D eigenvalue weighted by Gasteiger charge is 2.18. The summed E-state index contributed by atoms with van der Waals surface area (Å²) in [5.41, 5.74) is 10.2. The van der Waals surface area contributed by atoms with Crippen molar-refractivity contribution in [1.82, 2.24) is 15.0 Å². The normalized spacial score (nSPS) is 11.3. The molecule has 0 radical (unpaired) electrons. The lowest BCUT2D eigenvalue weighted by atomic mass is 9.96. The van der Waals surface area contributed by atoms with Gasteiger partial charge >= 0.3 is 0 Å². The minimum atomic E-state index is 0.665. The molecule has 0 spiro atoms. The molecule has 0 bridgehead atoms. The monoisotopic (exact) mass is 643 g/mol. The minimum Gasteiger partial charge on any atom is -0.208 e. The Morgan fingerprint density at radius 3 is 1.29 bits per heavy atom. The summed E-state index contributed by atoms with van der Waals surface area (Å²) in [6.07, 6.45) is 0. The van der Waals surface area contributed by atoms with Gasteiger partial charge in [0.2, 0.25) is 0 Å². The Morgan fingerprint density at radius 1 is 0.306 bits per heavy atom. The Bertz CT molecular complexity index is 2500. The number of fused-ring (bicyclic) bond motifs is 3. The number of rotatable bonds is 6. The number of nitrogens with zero attached hydrogens (tertiary/aromatic N) is 3. The van der Waals surface area contributed by atoms with E-state index >= 15 is 0 Å². The van der Waals surface area contributed by atoms with Crippen LogP contribution in [0.4, 0.5) is 0 Å². The van der Waals surface area contributed by atoms with Gasteiger partial charge in [0.05, 0.1) is 0 Å². The van der Waals surface area contributed by atoms with Crippen LogP contribution in [0.2, 0.25) is 0 Å². The molecule has 9 aromatic rings. The van der Waals surface area contributed by atoms with Gasteiger partial charge in [-0.15, -0.1) is 11.3 Å². The van der Waals surface area contributed by atoms with Crippen molar-refractivity contribution in [2.24, 2.45) is 0 Å². The Labute approximate surface area is 288 Å². The summed E-state index contributed by atoms with van der Waals surface area (Å²) in [4.78, 5) is 15.0. The van der Waals surface area contributed by atoms with Gasteiger partial charge in [-0.05, 0) is 45.5 Å². The lowest BCUT2D eigenvalue weighted by Crippen LogP contribution is -2.00. The molecule has 7 aromatic carbocycles. The molecule has 2 heterocycles.